The highest BCUT2D eigenvalue weighted by Crippen LogP contribution is 2.22. The molecule has 25 heavy (non-hydrogen) atoms. The summed E-state index contributed by atoms with van der Waals surface area (Å²) in [4.78, 5) is 4.10. The molecule has 142 valence electrons. The highest BCUT2D eigenvalue weighted by atomic mass is 35.5. The molecule has 0 aromatic heterocycles. The molecular formula is C17H28ClN3O3S. The minimum Gasteiger partial charge on any atom is -0.497 e. The lowest BCUT2D eigenvalue weighted by Gasteiger charge is -2.19. The van der Waals surface area contributed by atoms with E-state index in [1.807, 2.05) is 12.1 Å². The molecule has 0 saturated heterocycles. The van der Waals surface area contributed by atoms with Gasteiger partial charge in [-0.2, -0.15) is 0 Å². The van der Waals surface area contributed by atoms with Crippen LogP contribution >= 0.6 is 11.6 Å². The van der Waals surface area contributed by atoms with E-state index < -0.39 is 14.6 Å². The molecule has 0 saturated carbocycles. The lowest BCUT2D eigenvalue weighted by atomic mass is 10.1. The maximum absolute atomic E-state index is 12.1. The van der Waals surface area contributed by atoms with Gasteiger partial charge in [-0.15, -0.1) is 0 Å². The predicted molar refractivity (Wildman–Crippen MR) is 105 cm³/mol. The highest BCUT2D eigenvalue weighted by molar-refractivity contribution is 7.92. The molecule has 0 atom stereocenters. The van der Waals surface area contributed by atoms with Crippen LogP contribution in [-0.4, -0.2) is 52.1 Å². The van der Waals surface area contributed by atoms with Crippen LogP contribution < -0.4 is 15.4 Å². The van der Waals surface area contributed by atoms with Crippen molar-refractivity contribution in [1.29, 1.82) is 0 Å². The van der Waals surface area contributed by atoms with Crippen molar-refractivity contribution in [1.82, 2.24) is 10.6 Å². The number of aliphatic imine (C=N–C) groups is 1. The molecular weight excluding hydrogens is 362 g/mol. The average Bonchev–Trinajstić information content (AvgIpc) is 2.53. The number of methoxy groups -OCH3 is 1. The number of nitrogens with zero attached hydrogens (tertiary/aromatic N) is 1. The van der Waals surface area contributed by atoms with Crippen molar-refractivity contribution < 1.29 is 13.2 Å². The number of rotatable bonds is 7. The van der Waals surface area contributed by atoms with E-state index in [-0.39, 0.29) is 5.75 Å². The number of nitrogens with one attached hydrogen (secondary N) is 2. The molecule has 0 amide bonds. The standard InChI is InChI=1S/C17H28ClN3O3S/c1-17(2,3)25(22,23)11-10-21-16(19-4)20-9-8-13-6-7-14(24-5)12-15(13)18/h6-7,12H,8-11H2,1-5H3,(H2,19,20,21). The average molecular weight is 390 g/mol. The number of sulfone groups is 1. The van der Waals surface area contributed by atoms with Crippen LogP contribution in [0.5, 0.6) is 5.75 Å². The molecule has 1 rings (SSSR count). The van der Waals surface area contributed by atoms with Crippen molar-refractivity contribution >= 4 is 27.4 Å². The zero-order valence-electron chi connectivity index (χ0n) is 15.5. The van der Waals surface area contributed by atoms with Crippen molar-refractivity contribution in [2.75, 3.05) is 33.0 Å². The van der Waals surface area contributed by atoms with Crippen molar-refractivity contribution in [3.05, 3.63) is 28.8 Å². The zero-order chi connectivity index (χ0) is 19.1. The van der Waals surface area contributed by atoms with E-state index in [2.05, 4.69) is 15.6 Å². The lowest BCUT2D eigenvalue weighted by molar-refractivity contribution is 0.414. The summed E-state index contributed by atoms with van der Waals surface area (Å²) in [5.74, 6) is 1.34. The Balaban J connectivity index is 2.45. The summed E-state index contributed by atoms with van der Waals surface area (Å²) >= 11 is 6.21. The van der Waals surface area contributed by atoms with Gasteiger partial charge in [0.15, 0.2) is 15.8 Å². The Kier molecular flexibility index (Phi) is 8.02. The topological polar surface area (TPSA) is 79.8 Å². The number of halogens is 1. The van der Waals surface area contributed by atoms with E-state index in [1.54, 1.807) is 41.0 Å². The SMILES string of the molecule is CN=C(NCCc1ccc(OC)cc1Cl)NCCS(=O)(=O)C(C)(C)C. The summed E-state index contributed by atoms with van der Waals surface area (Å²) < 4.78 is 28.5. The number of guanidine groups is 1. The van der Waals surface area contributed by atoms with E-state index in [0.29, 0.717) is 30.5 Å². The van der Waals surface area contributed by atoms with Gasteiger partial charge in [-0.05, 0) is 44.9 Å². The van der Waals surface area contributed by atoms with Gasteiger partial charge < -0.3 is 15.4 Å². The largest absolute Gasteiger partial charge is 0.497 e. The lowest BCUT2D eigenvalue weighted by Crippen LogP contribution is -2.42. The van der Waals surface area contributed by atoms with Gasteiger partial charge in [0.25, 0.3) is 0 Å². The molecule has 0 fully saturated rings. The Labute approximate surface area is 155 Å². The molecule has 0 aliphatic rings. The smallest absolute Gasteiger partial charge is 0.191 e. The first-order chi connectivity index (χ1) is 11.6. The molecule has 0 aliphatic heterocycles. The van der Waals surface area contributed by atoms with Gasteiger partial charge in [0.2, 0.25) is 0 Å². The molecule has 1 aromatic carbocycles. The van der Waals surface area contributed by atoms with Gasteiger partial charge in [-0.3, -0.25) is 4.99 Å². The van der Waals surface area contributed by atoms with E-state index in [1.165, 1.54) is 0 Å². The Hall–Kier alpha value is -1.47. The van der Waals surface area contributed by atoms with E-state index in [4.69, 9.17) is 16.3 Å². The van der Waals surface area contributed by atoms with Crippen LogP contribution in [0.2, 0.25) is 5.02 Å². The Morgan fingerprint density at radius 1 is 1.24 bits per heavy atom. The van der Waals surface area contributed by atoms with Gasteiger partial charge in [-0.1, -0.05) is 17.7 Å². The molecule has 0 heterocycles. The second kappa shape index (κ2) is 9.29. The minimum atomic E-state index is -3.15. The first kappa shape index (κ1) is 21.6. The molecule has 2 N–H and O–H groups in total. The van der Waals surface area contributed by atoms with E-state index in [0.717, 1.165) is 11.3 Å². The minimum absolute atomic E-state index is 0.0571. The summed E-state index contributed by atoms with van der Waals surface area (Å²) in [6.45, 7) is 6.04. The van der Waals surface area contributed by atoms with Gasteiger partial charge in [-0.25, -0.2) is 8.42 Å². The van der Waals surface area contributed by atoms with Crippen LogP contribution in [0, 0.1) is 0 Å². The van der Waals surface area contributed by atoms with Crippen molar-refractivity contribution in [2.45, 2.75) is 31.9 Å². The zero-order valence-corrected chi connectivity index (χ0v) is 17.1. The van der Waals surface area contributed by atoms with Crippen molar-refractivity contribution in [2.24, 2.45) is 4.99 Å². The van der Waals surface area contributed by atoms with E-state index in [9.17, 15) is 8.42 Å². The first-order valence-electron chi connectivity index (χ1n) is 8.10. The van der Waals surface area contributed by atoms with Crippen LogP contribution in [0.15, 0.2) is 23.2 Å². The van der Waals surface area contributed by atoms with E-state index >= 15 is 0 Å². The molecule has 0 unspecified atom stereocenters. The maximum atomic E-state index is 12.1. The van der Waals surface area contributed by atoms with Gasteiger partial charge >= 0.3 is 0 Å². The maximum Gasteiger partial charge on any atom is 0.191 e. The number of hydrogen-bond donors (Lipinski definition) is 2. The normalized spacial score (nSPS) is 12.8. The van der Waals surface area contributed by atoms with Crippen LogP contribution in [0.4, 0.5) is 0 Å². The molecule has 0 bridgehead atoms. The fraction of sp³-hybridized carbons (Fsp3) is 0.588. The first-order valence-corrected chi connectivity index (χ1v) is 10.1. The Morgan fingerprint density at radius 2 is 1.88 bits per heavy atom. The fourth-order valence-electron chi connectivity index (χ4n) is 2.00. The summed E-state index contributed by atoms with van der Waals surface area (Å²) in [6, 6.07) is 5.57. The number of ether oxygens (including phenoxy) is 1. The van der Waals surface area contributed by atoms with Crippen LogP contribution in [0.25, 0.3) is 0 Å². The van der Waals surface area contributed by atoms with Crippen molar-refractivity contribution in [3.63, 3.8) is 0 Å². The molecule has 6 nitrogen and oxygen atoms in total. The summed E-state index contributed by atoms with van der Waals surface area (Å²) in [6.07, 6.45) is 0.712. The number of hydrogen-bond acceptors (Lipinski definition) is 4. The molecule has 0 spiro atoms. The summed E-state index contributed by atoms with van der Waals surface area (Å²) in [5.41, 5.74) is 1.00. The Bertz CT molecular complexity index is 698. The summed E-state index contributed by atoms with van der Waals surface area (Å²) in [7, 11) is 0.0944. The van der Waals surface area contributed by atoms with Gasteiger partial charge in [0, 0.05) is 25.2 Å². The second-order valence-corrected chi connectivity index (χ2v) is 9.83. The quantitative estimate of drug-likeness (QED) is 0.552. The third kappa shape index (κ3) is 6.74. The van der Waals surface area contributed by atoms with Crippen LogP contribution in [0.1, 0.15) is 26.3 Å². The van der Waals surface area contributed by atoms with Crippen LogP contribution in [-0.2, 0) is 16.3 Å². The fourth-order valence-corrected chi connectivity index (χ4v) is 3.25. The van der Waals surface area contributed by atoms with Gasteiger partial charge in [0.05, 0.1) is 17.6 Å². The second-order valence-electron chi connectivity index (χ2n) is 6.56. The Morgan fingerprint density at radius 3 is 2.40 bits per heavy atom. The molecule has 0 radical (unpaired) electrons. The highest BCUT2D eigenvalue weighted by Gasteiger charge is 2.28. The number of benzene rings is 1. The molecule has 8 heteroatoms. The summed E-state index contributed by atoms with van der Waals surface area (Å²) in [5, 5.41) is 6.83. The van der Waals surface area contributed by atoms with Crippen molar-refractivity contribution in [3.8, 4) is 5.75 Å². The molecule has 1 aromatic rings. The van der Waals surface area contributed by atoms with Gasteiger partial charge in [0.1, 0.15) is 5.75 Å². The predicted octanol–water partition coefficient (Wildman–Crippen LogP) is 2.27. The molecule has 0 aliphatic carbocycles. The monoisotopic (exact) mass is 389 g/mol. The third-order valence-corrected chi connectivity index (χ3v) is 6.73. The van der Waals surface area contributed by atoms with Crippen LogP contribution in [0.3, 0.4) is 0 Å². The third-order valence-electron chi connectivity index (χ3n) is 3.77.